The van der Waals surface area contributed by atoms with Crippen molar-refractivity contribution in [2.75, 3.05) is 39.6 Å². The number of esters is 4. The Morgan fingerprint density at radius 2 is 0.465 bits per heavy atom. The van der Waals surface area contributed by atoms with E-state index in [2.05, 4.69) is 27.7 Å². The summed E-state index contributed by atoms with van der Waals surface area (Å²) in [6.45, 7) is 4.89. The third-order valence-electron chi connectivity index (χ3n) is 15.6. The molecule has 2 unspecified atom stereocenters. The van der Waals surface area contributed by atoms with Crippen molar-refractivity contribution in [1.82, 2.24) is 0 Å². The van der Waals surface area contributed by atoms with E-state index in [-0.39, 0.29) is 25.7 Å². The predicted octanol–water partition coefficient (Wildman–Crippen LogP) is 19.1. The Morgan fingerprint density at radius 1 is 0.279 bits per heavy atom. The SMILES string of the molecule is CCCCCCCCCCCCCCCCCCCC(=O)O[C@H](COC(=O)CCCCCCCCCCCCC)COP(=O)(O)OC[C@@H](O)COP(=O)(O)OC[C@@H](COC(=O)CCCCCCCCCC)OC(=O)CCCCCCCCCCCC. The molecule has 510 valence electrons. The number of aliphatic hydroxyl groups excluding tert-OH is 1. The minimum atomic E-state index is -4.95. The number of aliphatic hydroxyl groups is 1. The van der Waals surface area contributed by atoms with Gasteiger partial charge in [0.05, 0.1) is 26.4 Å². The molecule has 86 heavy (non-hydrogen) atoms. The van der Waals surface area contributed by atoms with Crippen molar-refractivity contribution >= 4 is 39.5 Å². The predicted molar refractivity (Wildman–Crippen MR) is 345 cm³/mol. The average molecular weight is 1270 g/mol. The summed E-state index contributed by atoms with van der Waals surface area (Å²) in [5.74, 6) is -2.13. The second-order valence-electron chi connectivity index (χ2n) is 24.2. The van der Waals surface area contributed by atoms with Gasteiger partial charge < -0.3 is 33.8 Å². The van der Waals surface area contributed by atoms with E-state index in [4.69, 9.17) is 37.0 Å². The molecule has 0 aliphatic heterocycles. The fraction of sp³-hybridized carbons (Fsp3) is 0.940. The average Bonchev–Trinajstić information content (AvgIpc) is 3.58. The van der Waals surface area contributed by atoms with Crippen molar-refractivity contribution in [2.45, 2.75) is 367 Å². The van der Waals surface area contributed by atoms with Crippen LogP contribution in [0.1, 0.15) is 349 Å². The molecule has 0 aliphatic rings. The van der Waals surface area contributed by atoms with Crippen molar-refractivity contribution in [2.24, 2.45) is 0 Å². The molecule has 0 bridgehead atoms. The van der Waals surface area contributed by atoms with E-state index in [1.165, 1.54) is 173 Å². The third-order valence-corrected chi connectivity index (χ3v) is 17.5. The van der Waals surface area contributed by atoms with E-state index in [0.29, 0.717) is 25.7 Å². The highest BCUT2D eigenvalue weighted by Gasteiger charge is 2.30. The van der Waals surface area contributed by atoms with Crippen molar-refractivity contribution in [3.05, 3.63) is 0 Å². The highest BCUT2D eigenvalue weighted by Crippen LogP contribution is 2.45. The summed E-state index contributed by atoms with van der Waals surface area (Å²) in [6.07, 6.45) is 48.5. The van der Waals surface area contributed by atoms with Gasteiger partial charge >= 0.3 is 39.5 Å². The van der Waals surface area contributed by atoms with Crippen LogP contribution in [0.15, 0.2) is 0 Å². The summed E-state index contributed by atoms with van der Waals surface area (Å²) in [5.41, 5.74) is 0. The molecule has 0 aromatic carbocycles. The molecule has 0 fully saturated rings. The molecule has 0 aromatic rings. The fourth-order valence-corrected chi connectivity index (χ4v) is 11.7. The van der Waals surface area contributed by atoms with Gasteiger partial charge in [-0.15, -0.1) is 0 Å². The molecule has 0 aliphatic carbocycles. The standard InChI is InChI=1S/C67H130O17P2/c1-5-9-13-17-21-25-28-29-30-31-32-33-35-38-42-46-50-54-67(72)84-63(58-78-65(70)52-48-44-40-37-34-26-22-18-14-10-6-2)60-82-86(75,76)80-56-61(68)55-79-85(73,74)81-59-62(57-77-64(69)51-47-43-39-24-20-16-12-8-4)83-66(71)53-49-45-41-36-27-23-19-15-11-7-3/h61-63,68H,5-60H2,1-4H3,(H,73,74)(H,75,76)/t61-,62+,63+/m0/s1. The highest BCUT2D eigenvalue weighted by molar-refractivity contribution is 7.47. The van der Waals surface area contributed by atoms with Gasteiger partial charge in [-0.2, -0.15) is 0 Å². The third kappa shape index (κ3) is 60.9. The normalized spacial score (nSPS) is 14.1. The molecule has 0 amide bonds. The van der Waals surface area contributed by atoms with Crippen molar-refractivity contribution < 1.29 is 80.2 Å². The van der Waals surface area contributed by atoms with Crippen LogP contribution < -0.4 is 0 Å². The number of hydrogen-bond donors (Lipinski definition) is 3. The number of phosphoric ester groups is 2. The maximum absolute atomic E-state index is 13.0. The number of hydrogen-bond acceptors (Lipinski definition) is 15. The summed E-state index contributed by atoms with van der Waals surface area (Å²) < 4.78 is 68.1. The van der Waals surface area contributed by atoms with Gasteiger partial charge in [-0.3, -0.25) is 37.3 Å². The lowest BCUT2D eigenvalue weighted by molar-refractivity contribution is -0.161. The molecule has 3 N–H and O–H groups in total. The molecule has 17 nitrogen and oxygen atoms in total. The zero-order valence-corrected chi connectivity index (χ0v) is 57.1. The maximum Gasteiger partial charge on any atom is 0.472 e. The molecule has 0 radical (unpaired) electrons. The van der Waals surface area contributed by atoms with Crippen LogP contribution in [0, 0.1) is 0 Å². The van der Waals surface area contributed by atoms with Crippen LogP contribution in [0.5, 0.6) is 0 Å². The van der Waals surface area contributed by atoms with E-state index >= 15 is 0 Å². The molecule has 5 atom stereocenters. The molecular formula is C67H130O17P2. The van der Waals surface area contributed by atoms with Crippen LogP contribution in [-0.2, 0) is 65.4 Å². The first-order valence-electron chi connectivity index (χ1n) is 35.3. The van der Waals surface area contributed by atoms with Gasteiger partial charge in [0.1, 0.15) is 19.3 Å². The van der Waals surface area contributed by atoms with E-state index in [9.17, 15) is 43.2 Å². The summed E-state index contributed by atoms with van der Waals surface area (Å²) in [6, 6.07) is 0. The Balaban J connectivity index is 5.19. The Labute approximate surface area is 524 Å². The zero-order valence-electron chi connectivity index (χ0n) is 55.3. The fourth-order valence-electron chi connectivity index (χ4n) is 10.2. The van der Waals surface area contributed by atoms with Crippen molar-refractivity contribution in [3.8, 4) is 0 Å². The maximum atomic E-state index is 13.0. The molecule has 0 saturated heterocycles. The Kier molecular flexibility index (Phi) is 60.5. The number of phosphoric acid groups is 2. The molecule has 0 aromatic heterocycles. The largest absolute Gasteiger partial charge is 0.472 e. The summed E-state index contributed by atoms with van der Waals surface area (Å²) >= 11 is 0. The quantitative estimate of drug-likeness (QED) is 0.0222. The summed E-state index contributed by atoms with van der Waals surface area (Å²) in [4.78, 5) is 72.3. The first-order valence-corrected chi connectivity index (χ1v) is 38.3. The van der Waals surface area contributed by atoms with E-state index in [0.717, 1.165) is 96.3 Å². The Bertz CT molecular complexity index is 1650. The van der Waals surface area contributed by atoms with Crippen LogP contribution >= 0.6 is 15.6 Å². The molecule has 0 rings (SSSR count). The van der Waals surface area contributed by atoms with Gasteiger partial charge in [0.25, 0.3) is 0 Å². The molecule has 0 saturated carbocycles. The van der Waals surface area contributed by atoms with Gasteiger partial charge in [-0.1, -0.05) is 297 Å². The molecule has 0 spiro atoms. The van der Waals surface area contributed by atoms with Crippen LogP contribution in [0.4, 0.5) is 0 Å². The Morgan fingerprint density at radius 3 is 0.686 bits per heavy atom. The van der Waals surface area contributed by atoms with E-state index in [1.807, 2.05) is 0 Å². The lowest BCUT2D eigenvalue weighted by Gasteiger charge is -2.21. The van der Waals surface area contributed by atoms with Gasteiger partial charge in [0, 0.05) is 25.7 Å². The zero-order chi connectivity index (χ0) is 63.3. The minimum absolute atomic E-state index is 0.107. The Hall–Kier alpha value is -1.94. The topological polar surface area (TPSA) is 237 Å². The highest BCUT2D eigenvalue weighted by atomic mass is 31.2. The number of rotatable bonds is 68. The van der Waals surface area contributed by atoms with E-state index < -0.39 is 97.5 Å². The second kappa shape index (κ2) is 61.9. The minimum Gasteiger partial charge on any atom is -0.462 e. The molecule has 19 heteroatoms. The molecular weight excluding hydrogens is 1140 g/mol. The van der Waals surface area contributed by atoms with Crippen molar-refractivity contribution in [3.63, 3.8) is 0 Å². The smallest absolute Gasteiger partial charge is 0.462 e. The van der Waals surface area contributed by atoms with Gasteiger partial charge in [0.2, 0.25) is 0 Å². The van der Waals surface area contributed by atoms with Crippen LogP contribution in [0.25, 0.3) is 0 Å². The molecule has 0 heterocycles. The first-order chi connectivity index (χ1) is 41.7. The van der Waals surface area contributed by atoms with Gasteiger partial charge in [0.15, 0.2) is 12.2 Å². The number of unbranched alkanes of at least 4 members (excludes halogenated alkanes) is 42. The van der Waals surface area contributed by atoms with Crippen LogP contribution in [-0.4, -0.2) is 96.7 Å². The summed E-state index contributed by atoms with van der Waals surface area (Å²) in [7, 11) is -9.89. The van der Waals surface area contributed by atoms with E-state index in [1.54, 1.807) is 0 Å². The second-order valence-corrected chi connectivity index (χ2v) is 27.1. The van der Waals surface area contributed by atoms with Crippen molar-refractivity contribution in [1.29, 1.82) is 0 Å². The van der Waals surface area contributed by atoms with Crippen LogP contribution in [0.2, 0.25) is 0 Å². The van der Waals surface area contributed by atoms with Gasteiger partial charge in [-0.25, -0.2) is 9.13 Å². The number of carbonyl (C=O) groups excluding carboxylic acids is 4. The first kappa shape index (κ1) is 84.1. The number of ether oxygens (including phenoxy) is 4. The lowest BCUT2D eigenvalue weighted by atomic mass is 10.0. The van der Waals surface area contributed by atoms with Crippen LogP contribution in [0.3, 0.4) is 0 Å². The van der Waals surface area contributed by atoms with Gasteiger partial charge in [-0.05, 0) is 25.7 Å². The lowest BCUT2D eigenvalue weighted by Crippen LogP contribution is -2.30. The number of carbonyl (C=O) groups is 4. The summed E-state index contributed by atoms with van der Waals surface area (Å²) in [5, 5.41) is 10.5. The monoisotopic (exact) mass is 1270 g/mol.